The van der Waals surface area contributed by atoms with Crippen LogP contribution in [-0.2, 0) is 11.2 Å². The van der Waals surface area contributed by atoms with Crippen LogP contribution in [0.2, 0.25) is 0 Å². The smallest absolute Gasteiger partial charge is 0.220 e. The third-order valence-electron chi connectivity index (χ3n) is 5.48. The number of hydrogen-bond acceptors (Lipinski definition) is 3. The molecule has 4 rings (SSSR count). The summed E-state index contributed by atoms with van der Waals surface area (Å²) in [6, 6.07) is 11.6. The molecular weight excluding hydrogens is 298 g/mol. The van der Waals surface area contributed by atoms with Crippen molar-refractivity contribution in [3.8, 4) is 0 Å². The molecule has 2 aliphatic rings. The van der Waals surface area contributed by atoms with Gasteiger partial charge in [0.25, 0.3) is 0 Å². The standard InChI is InChI=1S/C20H25N3O/c24-19(13-14-11-17-6-7-18(12-14)23-17)21-10-8-16-4-1-3-15-5-2-9-22-20(15)16/h1-5,9,14,17-18,23H,6-8,10-13H2,(H,21,24). The minimum Gasteiger partial charge on any atom is -0.356 e. The van der Waals surface area contributed by atoms with Gasteiger partial charge in [0, 0.05) is 36.6 Å². The Kier molecular flexibility index (Phi) is 4.48. The van der Waals surface area contributed by atoms with Gasteiger partial charge in [0.1, 0.15) is 0 Å². The highest BCUT2D eigenvalue weighted by atomic mass is 16.1. The first kappa shape index (κ1) is 15.6. The molecule has 24 heavy (non-hydrogen) atoms. The number of aromatic nitrogens is 1. The maximum atomic E-state index is 12.3. The summed E-state index contributed by atoms with van der Waals surface area (Å²) in [4.78, 5) is 16.7. The molecule has 2 atom stereocenters. The summed E-state index contributed by atoms with van der Waals surface area (Å²) < 4.78 is 0. The van der Waals surface area contributed by atoms with Crippen molar-refractivity contribution in [2.75, 3.05) is 6.54 Å². The number of rotatable bonds is 5. The van der Waals surface area contributed by atoms with E-state index in [1.165, 1.54) is 18.4 Å². The summed E-state index contributed by atoms with van der Waals surface area (Å²) >= 11 is 0. The SMILES string of the molecule is O=C(CC1CC2CCC(C1)N2)NCCc1cccc2cccnc12. The van der Waals surface area contributed by atoms with Crippen LogP contribution in [0.25, 0.3) is 10.9 Å². The van der Waals surface area contributed by atoms with E-state index in [0.29, 0.717) is 31.0 Å². The molecule has 0 spiro atoms. The first-order valence-electron chi connectivity index (χ1n) is 9.13. The summed E-state index contributed by atoms with van der Waals surface area (Å²) in [5, 5.41) is 7.90. The van der Waals surface area contributed by atoms with Crippen molar-refractivity contribution in [1.82, 2.24) is 15.6 Å². The Bertz CT molecular complexity index is 712. The van der Waals surface area contributed by atoms with Gasteiger partial charge in [-0.1, -0.05) is 24.3 Å². The average molecular weight is 323 g/mol. The second-order valence-electron chi connectivity index (χ2n) is 7.27. The Morgan fingerprint density at radius 3 is 2.79 bits per heavy atom. The quantitative estimate of drug-likeness (QED) is 0.889. The fourth-order valence-corrected chi connectivity index (χ4v) is 4.38. The predicted octanol–water partition coefficient (Wildman–Crippen LogP) is 2.81. The molecule has 2 bridgehead atoms. The molecule has 2 N–H and O–H groups in total. The molecular formula is C20H25N3O. The number of hydrogen-bond donors (Lipinski definition) is 2. The van der Waals surface area contributed by atoms with Crippen molar-refractivity contribution >= 4 is 16.8 Å². The van der Waals surface area contributed by atoms with Crippen molar-refractivity contribution in [1.29, 1.82) is 0 Å². The first-order chi connectivity index (χ1) is 11.8. The van der Waals surface area contributed by atoms with Crippen LogP contribution in [0.3, 0.4) is 0 Å². The van der Waals surface area contributed by atoms with Gasteiger partial charge in [-0.05, 0) is 49.7 Å². The highest BCUT2D eigenvalue weighted by Crippen LogP contribution is 2.32. The van der Waals surface area contributed by atoms with Crippen LogP contribution in [-0.4, -0.2) is 29.5 Å². The minimum absolute atomic E-state index is 0.203. The van der Waals surface area contributed by atoms with Gasteiger partial charge in [-0.25, -0.2) is 0 Å². The molecule has 2 fully saturated rings. The molecule has 4 heteroatoms. The van der Waals surface area contributed by atoms with Gasteiger partial charge in [0.15, 0.2) is 0 Å². The van der Waals surface area contributed by atoms with Crippen LogP contribution in [0.1, 0.15) is 37.7 Å². The molecule has 3 heterocycles. The molecule has 126 valence electrons. The molecule has 2 unspecified atom stereocenters. The van der Waals surface area contributed by atoms with Gasteiger partial charge in [0.2, 0.25) is 5.91 Å². The van der Waals surface area contributed by atoms with E-state index in [4.69, 9.17) is 0 Å². The lowest BCUT2D eigenvalue weighted by Crippen LogP contribution is -2.39. The lowest BCUT2D eigenvalue weighted by atomic mass is 9.89. The molecule has 0 saturated carbocycles. The van der Waals surface area contributed by atoms with E-state index < -0.39 is 0 Å². The number of amides is 1. The highest BCUT2D eigenvalue weighted by molar-refractivity contribution is 5.81. The lowest BCUT2D eigenvalue weighted by Gasteiger charge is -2.28. The Labute approximate surface area is 143 Å². The maximum Gasteiger partial charge on any atom is 0.220 e. The van der Waals surface area contributed by atoms with Crippen LogP contribution in [0.15, 0.2) is 36.5 Å². The maximum absolute atomic E-state index is 12.3. The zero-order valence-corrected chi connectivity index (χ0v) is 14.0. The van der Waals surface area contributed by atoms with E-state index in [1.54, 1.807) is 0 Å². The van der Waals surface area contributed by atoms with E-state index in [2.05, 4.69) is 39.9 Å². The molecule has 2 aromatic rings. The number of carbonyl (C=O) groups excluding carboxylic acids is 1. The number of fused-ring (bicyclic) bond motifs is 3. The normalized spacial score (nSPS) is 25.8. The third-order valence-corrected chi connectivity index (χ3v) is 5.48. The number of nitrogens with zero attached hydrogens (tertiary/aromatic N) is 1. The van der Waals surface area contributed by atoms with Gasteiger partial charge >= 0.3 is 0 Å². The average Bonchev–Trinajstić information content (AvgIpc) is 2.93. The molecule has 4 nitrogen and oxygen atoms in total. The largest absolute Gasteiger partial charge is 0.356 e. The first-order valence-corrected chi connectivity index (χ1v) is 9.13. The molecule has 2 saturated heterocycles. The molecule has 0 radical (unpaired) electrons. The molecule has 0 aliphatic carbocycles. The van der Waals surface area contributed by atoms with Crippen molar-refractivity contribution in [2.24, 2.45) is 5.92 Å². The Morgan fingerprint density at radius 2 is 1.96 bits per heavy atom. The summed E-state index contributed by atoms with van der Waals surface area (Å²) in [6.45, 7) is 0.687. The topological polar surface area (TPSA) is 54.0 Å². The second kappa shape index (κ2) is 6.89. The number of pyridine rings is 1. The summed E-state index contributed by atoms with van der Waals surface area (Å²) in [7, 11) is 0. The highest BCUT2D eigenvalue weighted by Gasteiger charge is 2.34. The summed E-state index contributed by atoms with van der Waals surface area (Å²) in [5.41, 5.74) is 2.25. The monoisotopic (exact) mass is 323 g/mol. The van der Waals surface area contributed by atoms with E-state index in [0.717, 1.165) is 30.2 Å². The van der Waals surface area contributed by atoms with Gasteiger partial charge < -0.3 is 10.6 Å². The van der Waals surface area contributed by atoms with Gasteiger partial charge in [-0.15, -0.1) is 0 Å². The van der Waals surface area contributed by atoms with Crippen molar-refractivity contribution < 1.29 is 4.79 Å². The van der Waals surface area contributed by atoms with Crippen LogP contribution in [0, 0.1) is 5.92 Å². The lowest BCUT2D eigenvalue weighted by molar-refractivity contribution is -0.122. The molecule has 1 aromatic carbocycles. The number of para-hydroxylation sites is 1. The van der Waals surface area contributed by atoms with E-state index in [1.807, 2.05) is 12.3 Å². The van der Waals surface area contributed by atoms with Gasteiger partial charge in [-0.2, -0.15) is 0 Å². The van der Waals surface area contributed by atoms with E-state index in [9.17, 15) is 4.79 Å². The fourth-order valence-electron chi connectivity index (χ4n) is 4.38. The molecule has 1 aromatic heterocycles. The van der Waals surface area contributed by atoms with Crippen LogP contribution < -0.4 is 10.6 Å². The van der Waals surface area contributed by atoms with E-state index in [-0.39, 0.29) is 5.91 Å². The molecule has 2 aliphatic heterocycles. The van der Waals surface area contributed by atoms with Crippen LogP contribution in [0.4, 0.5) is 0 Å². The Balaban J connectivity index is 1.28. The summed E-state index contributed by atoms with van der Waals surface area (Å²) in [5.74, 6) is 0.762. The Hall–Kier alpha value is -1.94. The van der Waals surface area contributed by atoms with Crippen molar-refractivity contribution in [2.45, 2.75) is 50.6 Å². The van der Waals surface area contributed by atoms with E-state index >= 15 is 0 Å². The number of piperidine rings is 1. The third kappa shape index (κ3) is 3.44. The zero-order valence-electron chi connectivity index (χ0n) is 14.0. The number of nitrogens with one attached hydrogen (secondary N) is 2. The zero-order chi connectivity index (χ0) is 16.4. The minimum atomic E-state index is 0.203. The van der Waals surface area contributed by atoms with Crippen LogP contribution >= 0.6 is 0 Å². The number of carbonyl (C=O) groups is 1. The Morgan fingerprint density at radius 1 is 1.17 bits per heavy atom. The van der Waals surface area contributed by atoms with Gasteiger partial charge in [0.05, 0.1) is 5.52 Å². The fraction of sp³-hybridized carbons (Fsp3) is 0.500. The van der Waals surface area contributed by atoms with Crippen LogP contribution in [0.5, 0.6) is 0 Å². The molecule has 1 amide bonds. The number of benzene rings is 1. The predicted molar refractivity (Wildman–Crippen MR) is 95.7 cm³/mol. The van der Waals surface area contributed by atoms with Crippen molar-refractivity contribution in [3.05, 3.63) is 42.1 Å². The summed E-state index contributed by atoms with van der Waals surface area (Å²) in [6.07, 6.45) is 8.25. The van der Waals surface area contributed by atoms with Gasteiger partial charge in [-0.3, -0.25) is 9.78 Å². The second-order valence-corrected chi connectivity index (χ2v) is 7.27. The van der Waals surface area contributed by atoms with Crippen molar-refractivity contribution in [3.63, 3.8) is 0 Å².